The Morgan fingerprint density at radius 2 is 0.922 bits per heavy atom. The second-order valence-corrected chi connectivity index (χ2v) is 12.9. The van der Waals surface area contributed by atoms with E-state index in [2.05, 4.69) is 210 Å². The number of benzene rings is 7. The molecule has 0 saturated carbocycles. The van der Waals surface area contributed by atoms with Gasteiger partial charge in [0, 0.05) is 39.1 Å². The molecule has 0 bridgehead atoms. The zero-order chi connectivity index (χ0) is 34.1. The smallest absolute Gasteiger partial charge is 0.0963 e. The molecule has 9 aromatic rings. The van der Waals surface area contributed by atoms with Crippen LogP contribution in [0.25, 0.3) is 61.1 Å². The monoisotopic (exact) mass is 653 g/mol. The molecule has 2 heterocycles. The summed E-state index contributed by atoms with van der Waals surface area (Å²) in [4.78, 5) is 2.34. The predicted octanol–water partition coefficient (Wildman–Crippen LogP) is 12.9. The minimum atomic E-state index is 0.986. The predicted molar refractivity (Wildman–Crippen MR) is 214 cm³/mol. The van der Waals surface area contributed by atoms with Crippen molar-refractivity contribution in [1.82, 2.24) is 9.61 Å². The molecular formula is C48H35N3. The number of anilines is 3. The van der Waals surface area contributed by atoms with Crippen LogP contribution in [0.5, 0.6) is 0 Å². The number of aromatic nitrogens is 2. The number of fused-ring (bicyclic) bond motifs is 3. The van der Waals surface area contributed by atoms with E-state index < -0.39 is 0 Å². The van der Waals surface area contributed by atoms with E-state index in [1.165, 1.54) is 38.6 Å². The topological polar surface area (TPSA) is 20.5 Å². The average Bonchev–Trinajstić information content (AvgIpc) is 3.56. The van der Waals surface area contributed by atoms with Crippen LogP contribution >= 0.6 is 0 Å². The number of aryl methyl sites for hydroxylation is 1. The molecule has 0 aliphatic carbocycles. The molecule has 51 heavy (non-hydrogen) atoms. The summed E-state index contributed by atoms with van der Waals surface area (Å²) in [6, 6.07) is 69.0. The first-order valence-electron chi connectivity index (χ1n) is 17.4. The molecule has 2 aromatic heterocycles. The highest BCUT2D eigenvalue weighted by atomic mass is 15.2. The quantitative estimate of drug-likeness (QED) is 0.171. The molecule has 0 saturated heterocycles. The van der Waals surface area contributed by atoms with Crippen molar-refractivity contribution in [2.45, 2.75) is 6.92 Å². The molecule has 0 atom stereocenters. The van der Waals surface area contributed by atoms with Crippen molar-refractivity contribution in [2.75, 3.05) is 4.90 Å². The fourth-order valence-corrected chi connectivity index (χ4v) is 7.23. The first-order valence-corrected chi connectivity index (χ1v) is 17.4. The SMILES string of the molecule is Cc1c(-c2ccc(N(c3ccc(-c4ccccc4)cc3)c3cccc(-c4ccccc4)c3)cc2)nn2c(-c3ccccc3)cc3ccccc3c12. The summed E-state index contributed by atoms with van der Waals surface area (Å²) in [6.45, 7) is 2.20. The second kappa shape index (κ2) is 13.0. The molecule has 0 amide bonds. The van der Waals surface area contributed by atoms with Crippen molar-refractivity contribution < 1.29 is 0 Å². The lowest BCUT2D eigenvalue weighted by Gasteiger charge is -2.26. The van der Waals surface area contributed by atoms with E-state index in [1.807, 2.05) is 0 Å². The third kappa shape index (κ3) is 5.65. The highest BCUT2D eigenvalue weighted by Gasteiger charge is 2.19. The van der Waals surface area contributed by atoms with Crippen LogP contribution in [-0.2, 0) is 0 Å². The van der Waals surface area contributed by atoms with E-state index in [1.54, 1.807) is 0 Å². The van der Waals surface area contributed by atoms with Gasteiger partial charge in [-0.1, -0.05) is 152 Å². The van der Waals surface area contributed by atoms with Gasteiger partial charge in [-0.15, -0.1) is 0 Å². The zero-order valence-electron chi connectivity index (χ0n) is 28.3. The van der Waals surface area contributed by atoms with Crippen molar-refractivity contribution in [2.24, 2.45) is 0 Å². The van der Waals surface area contributed by atoms with Gasteiger partial charge in [0.15, 0.2) is 0 Å². The van der Waals surface area contributed by atoms with Gasteiger partial charge in [0.05, 0.1) is 16.9 Å². The Morgan fingerprint density at radius 1 is 0.412 bits per heavy atom. The van der Waals surface area contributed by atoms with Crippen LogP contribution in [-0.4, -0.2) is 9.61 Å². The standard InChI is InChI=1S/C48H35N3/c1-34-47(49-51-46(38-18-9-4-10-19-38)33-41-20-11-12-23-45(41)48(34)51)39-26-30-43(31-27-39)50(42-28-24-37(25-29-42)35-14-5-2-6-15-35)44-22-13-21-40(32-44)36-16-7-3-8-17-36/h2-33H,1H3. The summed E-state index contributed by atoms with van der Waals surface area (Å²) in [5.74, 6) is 0. The Hall–Kier alpha value is -6.71. The van der Waals surface area contributed by atoms with Crippen molar-refractivity contribution in [3.8, 4) is 44.8 Å². The van der Waals surface area contributed by atoms with Gasteiger partial charge in [-0.2, -0.15) is 5.10 Å². The first kappa shape index (κ1) is 30.4. The lowest BCUT2D eigenvalue weighted by atomic mass is 10.0. The van der Waals surface area contributed by atoms with Gasteiger partial charge in [-0.25, -0.2) is 4.52 Å². The third-order valence-corrected chi connectivity index (χ3v) is 9.77. The van der Waals surface area contributed by atoms with Crippen LogP contribution in [0.1, 0.15) is 5.56 Å². The van der Waals surface area contributed by atoms with Crippen molar-refractivity contribution in [3.05, 3.63) is 200 Å². The van der Waals surface area contributed by atoms with Crippen LogP contribution in [0.4, 0.5) is 17.1 Å². The van der Waals surface area contributed by atoms with Crippen LogP contribution < -0.4 is 4.90 Å². The summed E-state index contributed by atoms with van der Waals surface area (Å²) < 4.78 is 2.13. The Bertz CT molecular complexity index is 2610. The fraction of sp³-hybridized carbons (Fsp3) is 0.0208. The van der Waals surface area contributed by atoms with Gasteiger partial charge in [-0.05, 0) is 77.0 Å². The number of hydrogen-bond acceptors (Lipinski definition) is 2. The summed E-state index contributed by atoms with van der Waals surface area (Å²) >= 11 is 0. The van der Waals surface area contributed by atoms with E-state index in [0.29, 0.717) is 0 Å². The molecule has 7 aromatic carbocycles. The number of nitrogens with zero attached hydrogens (tertiary/aromatic N) is 3. The molecule has 0 aliphatic rings. The number of hydrogen-bond donors (Lipinski definition) is 0. The Morgan fingerprint density at radius 3 is 1.57 bits per heavy atom. The summed E-state index contributed by atoms with van der Waals surface area (Å²) in [5.41, 5.74) is 14.6. The molecule has 242 valence electrons. The second-order valence-electron chi connectivity index (χ2n) is 12.9. The molecular weight excluding hydrogens is 619 g/mol. The van der Waals surface area contributed by atoms with Crippen LogP contribution in [0.3, 0.4) is 0 Å². The van der Waals surface area contributed by atoms with Crippen molar-refractivity contribution >= 4 is 33.4 Å². The average molecular weight is 654 g/mol. The van der Waals surface area contributed by atoms with Gasteiger partial charge in [0.25, 0.3) is 0 Å². The molecule has 3 heteroatoms. The normalized spacial score (nSPS) is 11.2. The molecule has 0 radical (unpaired) electrons. The van der Waals surface area contributed by atoms with Crippen LogP contribution in [0.15, 0.2) is 194 Å². The fourth-order valence-electron chi connectivity index (χ4n) is 7.23. The van der Waals surface area contributed by atoms with Gasteiger partial charge in [0.1, 0.15) is 0 Å². The third-order valence-electron chi connectivity index (χ3n) is 9.77. The van der Waals surface area contributed by atoms with Crippen LogP contribution in [0.2, 0.25) is 0 Å². The minimum absolute atomic E-state index is 0.986. The molecule has 9 rings (SSSR count). The summed E-state index contributed by atoms with van der Waals surface area (Å²) in [5, 5.41) is 7.70. The van der Waals surface area contributed by atoms with Crippen molar-refractivity contribution in [3.63, 3.8) is 0 Å². The van der Waals surface area contributed by atoms with E-state index in [9.17, 15) is 0 Å². The molecule has 3 nitrogen and oxygen atoms in total. The van der Waals surface area contributed by atoms with Crippen LogP contribution in [0, 0.1) is 6.92 Å². The summed E-state index contributed by atoms with van der Waals surface area (Å²) in [6.07, 6.45) is 0. The molecule has 0 aliphatic heterocycles. The minimum Gasteiger partial charge on any atom is -0.310 e. The number of pyridine rings is 1. The molecule has 0 unspecified atom stereocenters. The van der Waals surface area contributed by atoms with Gasteiger partial charge in [0.2, 0.25) is 0 Å². The highest BCUT2D eigenvalue weighted by Crippen LogP contribution is 2.40. The Kier molecular flexibility index (Phi) is 7.71. The summed E-state index contributed by atoms with van der Waals surface area (Å²) in [7, 11) is 0. The van der Waals surface area contributed by atoms with E-state index in [4.69, 9.17) is 5.10 Å². The largest absolute Gasteiger partial charge is 0.310 e. The maximum atomic E-state index is 5.29. The molecule has 0 spiro atoms. The molecule has 0 N–H and O–H groups in total. The Balaban J connectivity index is 1.16. The van der Waals surface area contributed by atoms with E-state index in [0.717, 1.165) is 45.1 Å². The van der Waals surface area contributed by atoms with Gasteiger partial charge in [-0.3, -0.25) is 0 Å². The molecule has 0 fully saturated rings. The highest BCUT2D eigenvalue weighted by molar-refractivity contribution is 6.01. The van der Waals surface area contributed by atoms with Gasteiger partial charge >= 0.3 is 0 Å². The van der Waals surface area contributed by atoms with E-state index >= 15 is 0 Å². The van der Waals surface area contributed by atoms with E-state index in [-0.39, 0.29) is 0 Å². The van der Waals surface area contributed by atoms with Gasteiger partial charge < -0.3 is 4.90 Å². The maximum Gasteiger partial charge on any atom is 0.0963 e. The lowest BCUT2D eigenvalue weighted by molar-refractivity contribution is 0.979. The van der Waals surface area contributed by atoms with Crippen molar-refractivity contribution in [1.29, 1.82) is 0 Å². The maximum absolute atomic E-state index is 5.29. The number of rotatable bonds is 7. The zero-order valence-corrected chi connectivity index (χ0v) is 28.3. The Labute approximate surface area is 298 Å². The lowest BCUT2D eigenvalue weighted by Crippen LogP contribution is -2.10. The first-order chi connectivity index (χ1) is 25.2.